The van der Waals surface area contributed by atoms with Gasteiger partial charge in [-0.05, 0) is 57.7 Å². The SMILES string of the molecule is C=CC[C@]1(C)[C@](CO)(C(O)C=C)CC(=C)[C@@H]2CC[C@@H](C)C[C@]21O[Si](C)(C)C. The van der Waals surface area contributed by atoms with E-state index in [1.807, 2.05) is 6.08 Å². The third-order valence-electron chi connectivity index (χ3n) is 7.34. The number of hydrogen-bond donors (Lipinski definition) is 2. The molecule has 2 fully saturated rings. The van der Waals surface area contributed by atoms with E-state index in [0.717, 1.165) is 18.4 Å². The Morgan fingerprint density at radius 1 is 1.30 bits per heavy atom. The van der Waals surface area contributed by atoms with Gasteiger partial charge in [0.05, 0.1) is 18.3 Å². The Morgan fingerprint density at radius 3 is 2.41 bits per heavy atom. The molecule has 6 atom stereocenters. The maximum Gasteiger partial charge on any atom is 0.184 e. The van der Waals surface area contributed by atoms with Crippen molar-refractivity contribution in [2.75, 3.05) is 6.61 Å². The van der Waals surface area contributed by atoms with Crippen molar-refractivity contribution in [1.82, 2.24) is 0 Å². The monoisotopic (exact) mass is 392 g/mol. The maximum absolute atomic E-state index is 11.1. The van der Waals surface area contributed by atoms with E-state index < -0.39 is 30.9 Å². The predicted molar refractivity (Wildman–Crippen MR) is 116 cm³/mol. The Labute approximate surface area is 167 Å². The van der Waals surface area contributed by atoms with E-state index in [1.165, 1.54) is 6.42 Å². The molecule has 154 valence electrons. The van der Waals surface area contributed by atoms with E-state index in [4.69, 9.17) is 4.43 Å². The number of fused-ring (bicyclic) bond motifs is 1. The van der Waals surface area contributed by atoms with Crippen molar-refractivity contribution in [1.29, 1.82) is 0 Å². The fraction of sp³-hybridized carbons (Fsp3) is 0.739. The van der Waals surface area contributed by atoms with Crippen LogP contribution >= 0.6 is 0 Å². The van der Waals surface area contributed by atoms with E-state index in [0.29, 0.717) is 18.8 Å². The fourth-order valence-corrected chi connectivity index (χ4v) is 7.70. The van der Waals surface area contributed by atoms with Crippen molar-refractivity contribution in [3.05, 3.63) is 37.5 Å². The molecule has 2 aliphatic carbocycles. The highest BCUT2D eigenvalue weighted by Crippen LogP contribution is 2.68. The summed E-state index contributed by atoms with van der Waals surface area (Å²) in [7, 11) is -1.92. The van der Waals surface area contributed by atoms with Crippen LogP contribution in [-0.4, -0.2) is 36.8 Å². The summed E-state index contributed by atoms with van der Waals surface area (Å²) in [5, 5.41) is 21.7. The van der Waals surface area contributed by atoms with E-state index in [9.17, 15) is 10.2 Å². The van der Waals surface area contributed by atoms with Crippen LogP contribution in [0.15, 0.2) is 37.5 Å². The zero-order valence-electron chi connectivity index (χ0n) is 18.1. The lowest BCUT2D eigenvalue weighted by molar-refractivity contribution is -0.231. The van der Waals surface area contributed by atoms with Crippen molar-refractivity contribution in [3.8, 4) is 0 Å². The van der Waals surface area contributed by atoms with Crippen LogP contribution in [-0.2, 0) is 4.43 Å². The van der Waals surface area contributed by atoms with Gasteiger partial charge in [-0.15, -0.1) is 13.2 Å². The van der Waals surface area contributed by atoms with Crippen LogP contribution in [0.2, 0.25) is 19.6 Å². The summed E-state index contributed by atoms with van der Waals surface area (Å²) < 4.78 is 7.10. The molecule has 0 aromatic heterocycles. The van der Waals surface area contributed by atoms with Gasteiger partial charge in [-0.25, -0.2) is 0 Å². The highest BCUT2D eigenvalue weighted by molar-refractivity contribution is 6.69. The topological polar surface area (TPSA) is 49.7 Å². The number of hydrogen-bond acceptors (Lipinski definition) is 3. The number of allylic oxidation sites excluding steroid dienone is 1. The first-order valence-corrected chi connectivity index (χ1v) is 13.7. The van der Waals surface area contributed by atoms with Gasteiger partial charge in [0, 0.05) is 16.7 Å². The second-order valence-corrected chi connectivity index (χ2v) is 14.6. The molecule has 0 amide bonds. The van der Waals surface area contributed by atoms with E-state index >= 15 is 0 Å². The van der Waals surface area contributed by atoms with E-state index in [-0.39, 0.29) is 12.5 Å². The first-order valence-electron chi connectivity index (χ1n) is 10.3. The first-order chi connectivity index (χ1) is 12.4. The average Bonchev–Trinajstić information content (AvgIpc) is 2.56. The lowest BCUT2D eigenvalue weighted by Gasteiger charge is -2.69. The van der Waals surface area contributed by atoms with Crippen molar-refractivity contribution in [3.63, 3.8) is 0 Å². The average molecular weight is 393 g/mol. The molecule has 2 saturated carbocycles. The largest absolute Gasteiger partial charge is 0.411 e. The van der Waals surface area contributed by atoms with Gasteiger partial charge in [-0.1, -0.05) is 38.2 Å². The molecule has 1 unspecified atom stereocenters. The van der Waals surface area contributed by atoms with Gasteiger partial charge in [-0.2, -0.15) is 0 Å². The molecular formula is C23H40O3Si. The standard InChI is InChI=1S/C23H40O3Si/c1-9-13-21(5)22(16-24,20(25)10-2)15-18(4)19-12-11-17(3)14-23(19,21)26-27(6,7)8/h9-10,17,19-20,24-25H,1-2,4,11-16H2,3,5-8H3/t17-,19+,20?,21-,22-,23+/m1/s1. The van der Waals surface area contributed by atoms with Gasteiger partial charge in [0.25, 0.3) is 0 Å². The van der Waals surface area contributed by atoms with Crippen molar-refractivity contribution < 1.29 is 14.6 Å². The maximum atomic E-state index is 11.1. The summed E-state index contributed by atoms with van der Waals surface area (Å²) in [6, 6.07) is 0. The molecule has 0 bridgehead atoms. The molecule has 4 heteroatoms. The lowest BCUT2D eigenvalue weighted by Crippen LogP contribution is -2.71. The second kappa shape index (κ2) is 7.62. The molecule has 2 aliphatic rings. The van der Waals surface area contributed by atoms with Crippen molar-refractivity contribution in [2.24, 2.45) is 22.7 Å². The minimum absolute atomic E-state index is 0.124. The third kappa shape index (κ3) is 3.43. The Morgan fingerprint density at radius 2 is 1.93 bits per heavy atom. The smallest absolute Gasteiger partial charge is 0.184 e. The highest BCUT2D eigenvalue weighted by atomic mass is 28.4. The van der Waals surface area contributed by atoms with Gasteiger partial charge >= 0.3 is 0 Å². The number of rotatable bonds is 7. The summed E-state index contributed by atoms with van der Waals surface area (Å²) in [6.07, 6.45) is 7.10. The third-order valence-corrected chi connectivity index (χ3v) is 8.32. The van der Waals surface area contributed by atoms with Crippen molar-refractivity contribution in [2.45, 2.75) is 77.3 Å². The van der Waals surface area contributed by atoms with Crippen LogP contribution in [0, 0.1) is 22.7 Å². The first kappa shape index (κ1) is 22.6. The highest BCUT2D eigenvalue weighted by Gasteiger charge is 2.69. The van der Waals surface area contributed by atoms with Crippen LogP contribution in [0.4, 0.5) is 0 Å². The molecule has 0 spiro atoms. The van der Waals surface area contributed by atoms with E-state index in [2.05, 4.69) is 53.2 Å². The summed E-state index contributed by atoms with van der Waals surface area (Å²) in [4.78, 5) is 0. The lowest BCUT2D eigenvalue weighted by atomic mass is 9.41. The Hall–Kier alpha value is -0.683. The van der Waals surface area contributed by atoms with Gasteiger partial charge in [-0.3, -0.25) is 0 Å². The van der Waals surface area contributed by atoms with Gasteiger partial charge in [0.2, 0.25) is 0 Å². The summed E-state index contributed by atoms with van der Waals surface area (Å²) in [5.74, 6) is 0.784. The molecule has 0 saturated heterocycles. The molecule has 0 aliphatic heterocycles. The summed E-state index contributed by atoms with van der Waals surface area (Å²) in [6.45, 7) is 23.4. The zero-order chi connectivity index (χ0) is 20.7. The van der Waals surface area contributed by atoms with Gasteiger partial charge in [0.1, 0.15) is 0 Å². The fourth-order valence-electron chi connectivity index (χ4n) is 6.15. The molecule has 2 rings (SSSR count). The van der Waals surface area contributed by atoms with Crippen LogP contribution in [0.3, 0.4) is 0 Å². The Balaban J connectivity index is 2.81. The molecule has 3 nitrogen and oxygen atoms in total. The van der Waals surface area contributed by atoms with Crippen LogP contribution < -0.4 is 0 Å². The second-order valence-electron chi connectivity index (χ2n) is 10.2. The normalized spacial score (nSPS) is 40.9. The van der Waals surface area contributed by atoms with Crippen molar-refractivity contribution >= 4 is 8.32 Å². The molecule has 0 heterocycles. The summed E-state index contributed by atoms with van der Waals surface area (Å²) in [5.41, 5.74) is -0.583. The Kier molecular flexibility index (Phi) is 6.38. The number of aliphatic hydroxyl groups is 2. The van der Waals surface area contributed by atoms with Crippen LogP contribution in [0.5, 0.6) is 0 Å². The molecular weight excluding hydrogens is 352 g/mol. The molecule has 0 aromatic rings. The molecule has 2 N–H and O–H groups in total. The molecule has 27 heavy (non-hydrogen) atoms. The summed E-state index contributed by atoms with van der Waals surface area (Å²) >= 11 is 0. The van der Waals surface area contributed by atoms with Gasteiger partial charge < -0.3 is 14.6 Å². The minimum atomic E-state index is -1.92. The van der Waals surface area contributed by atoms with E-state index in [1.54, 1.807) is 6.08 Å². The molecule has 0 radical (unpaired) electrons. The quantitative estimate of drug-likeness (QED) is 0.469. The number of aliphatic hydroxyl groups excluding tert-OH is 2. The van der Waals surface area contributed by atoms with Crippen LogP contribution in [0.25, 0.3) is 0 Å². The molecule has 0 aromatic carbocycles. The van der Waals surface area contributed by atoms with Gasteiger partial charge in [0.15, 0.2) is 8.32 Å². The van der Waals surface area contributed by atoms with Crippen LogP contribution in [0.1, 0.15) is 46.0 Å². The predicted octanol–water partition coefficient (Wildman–Crippen LogP) is 5.08. The minimum Gasteiger partial charge on any atom is -0.411 e. The Bertz CT molecular complexity index is 595. The zero-order valence-corrected chi connectivity index (χ0v) is 19.1.